The lowest BCUT2D eigenvalue weighted by Gasteiger charge is -2.00. The second-order valence-corrected chi connectivity index (χ2v) is 5.81. The van der Waals surface area contributed by atoms with E-state index < -0.39 is 5.97 Å². The zero-order valence-corrected chi connectivity index (χ0v) is 13.7. The Bertz CT molecular complexity index is 269. The molecule has 2 heteroatoms. The fraction of sp³-hybridized carbons (Fsp3) is 0.737. The minimum atomic E-state index is -0.664. The zero-order chi connectivity index (χ0) is 15.6. The predicted molar refractivity (Wildman–Crippen MR) is 91.6 cm³/mol. The first kappa shape index (κ1) is 19.9. The average Bonchev–Trinajstić information content (AvgIpc) is 2.46. The molecule has 0 aliphatic carbocycles. The SMILES string of the molecule is C=CCCCCC/C=C/CCCCCCCCCC(=O)O. The van der Waals surface area contributed by atoms with Gasteiger partial charge in [-0.15, -0.1) is 6.58 Å². The number of allylic oxidation sites excluding steroid dienone is 3. The molecule has 21 heavy (non-hydrogen) atoms. The summed E-state index contributed by atoms with van der Waals surface area (Å²) in [6, 6.07) is 0. The standard InChI is InChI=1S/C19H34O2/c1-2-3-4-5-6-7-8-9-10-11-12-13-14-15-16-17-18-19(20)21/h2,8-9H,1,3-7,10-18H2,(H,20,21)/b9-8+. The van der Waals surface area contributed by atoms with Crippen molar-refractivity contribution in [3.63, 3.8) is 0 Å². The van der Waals surface area contributed by atoms with E-state index in [-0.39, 0.29) is 0 Å². The summed E-state index contributed by atoms with van der Waals surface area (Å²) in [5, 5.41) is 8.52. The molecular formula is C19H34O2. The van der Waals surface area contributed by atoms with E-state index >= 15 is 0 Å². The maximum atomic E-state index is 10.3. The highest BCUT2D eigenvalue weighted by Gasteiger charge is 1.96. The number of rotatable bonds is 16. The van der Waals surface area contributed by atoms with Gasteiger partial charge >= 0.3 is 5.97 Å². The van der Waals surface area contributed by atoms with Crippen LogP contribution in [0.5, 0.6) is 0 Å². The van der Waals surface area contributed by atoms with Gasteiger partial charge in [-0.05, 0) is 44.9 Å². The van der Waals surface area contributed by atoms with Crippen molar-refractivity contribution < 1.29 is 9.90 Å². The summed E-state index contributed by atoms with van der Waals surface area (Å²) in [4.78, 5) is 10.3. The minimum absolute atomic E-state index is 0.332. The predicted octanol–water partition coefficient (Wildman–Crippen LogP) is 6.27. The highest BCUT2D eigenvalue weighted by Crippen LogP contribution is 2.10. The Balaban J connectivity index is 3.07. The van der Waals surface area contributed by atoms with Crippen LogP contribution in [0.2, 0.25) is 0 Å². The van der Waals surface area contributed by atoms with Crippen molar-refractivity contribution >= 4 is 5.97 Å². The number of hydrogen-bond donors (Lipinski definition) is 1. The van der Waals surface area contributed by atoms with E-state index in [1.54, 1.807) is 0 Å². The second kappa shape index (κ2) is 17.0. The molecule has 0 aliphatic rings. The number of hydrogen-bond acceptors (Lipinski definition) is 1. The summed E-state index contributed by atoms with van der Waals surface area (Å²) in [6.07, 6.45) is 22.7. The lowest BCUT2D eigenvalue weighted by Crippen LogP contribution is -1.93. The van der Waals surface area contributed by atoms with Crippen LogP contribution in [0.25, 0.3) is 0 Å². The minimum Gasteiger partial charge on any atom is -0.481 e. The third-order valence-electron chi connectivity index (χ3n) is 3.71. The molecular weight excluding hydrogens is 260 g/mol. The van der Waals surface area contributed by atoms with Gasteiger partial charge in [0, 0.05) is 6.42 Å². The first-order valence-corrected chi connectivity index (χ1v) is 8.75. The van der Waals surface area contributed by atoms with Crippen LogP contribution in [0, 0.1) is 0 Å². The normalized spacial score (nSPS) is 11.0. The molecule has 0 saturated carbocycles. The molecule has 0 atom stereocenters. The van der Waals surface area contributed by atoms with Gasteiger partial charge in [-0.1, -0.05) is 56.8 Å². The monoisotopic (exact) mass is 294 g/mol. The molecule has 0 fully saturated rings. The Hall–Kier alpha value is -1.05. The topological polar surface area (TPSA) is 37.3 Å². The van der Waals surface area contributed by atoms with Crippen LogP contribution >= 0.6 is 0 Å². The van der Waals surface area contributed by atoms with Gasteiger partial charge in [-0.3, -0.25) is 4.79 Å². The smallest absolute Gasteiger partial charge is 0.303 e. The summed E-state index contributed by atoms with van der Waals surface area (Å²) >= 11 is 0. The molecule has 0 saturated heterocycles. The number of carboxylic acid groups (broad SMARTS) is 1. The van der Waals surface area contributed by atoms with Crippen molar-refractivity contribution in [1.29, 1.82) is 0 Å². The van der Waals surface area contributed by atoms with Crippen LogP contribution in [0.4, 0.5) is 0 Å². The van der Waals surface area contributed by atoms with Gasteiger partial charge in [0.15, 0.2) is 0 Å². The van der Waals surface area contributed by atoms with Gasteiger partial charge in [0.2, 0.25) is 0 Å². The van der Waals surface area contributed by atoms with Gasteiger partial charge in [-0.2, -0.15) is 0 Å². The Labute approximate surface area is 131 Å². The van der Waals surface area contributed by atoms with Gasteiger partial charge < -0.3 is 5.11 Å². The Morgan fingerprint density at radius 3 is 1.67 bits per heavy atom. The zero-order valence-electron chi connectivity index (χ0n) is 13.7. The summed E-state index contributed by atoms with van der Waals surface area (Å²) < 4.78 is 0. The quantitative estimate of drug-likeness (QED) is 0.269. The molecule has 2 nitrogen and oxygen atoms in total. The molecule has 0 unspecified atom stereocenters. The van der Waals surface area contributed by atoms with E-state index in [1.807, 2.05) is 6.08 Å². The van der Waals surface area contributed by atoms with E-state index in [4.69, 9.17) is 5.11 Å². The first-order valence-electron chi connectivity index (χ1n) is 8.75. The molecule has 0 amide bonds. The highest BCUT2D eigenvalue weighted by molar-refractivity contribution is 5.66. The Morgan fingerprint density at radius 1 is 0.714 bits per heavy atom. The van der Waals surface area contributed by atoms with Crippen molar-refractivity contribution in [1.82, 2.24) is 0 Å². The van der Waals surface area contributed by atoms with Crippen molar-refractivity contribution in [2.45, 2.75) is 89.9 Å². The van der Waals surface area contributed by atoms with E-state index in [2.05, 4.69) is 18.7 Å². The summed E-state index contributed by atoms with van der Waals surface area (Å²) in [7, 11) is 0. The van der Waals surface area contributed by atoms with Gasteiger partial charge in [0.05, 0.1) is 0 Å². The Kier molecular flexibility index (Phi) is 16.2. The molecule has 0 rings (SSSR count). The fourth-order valence-electron chi connectivity index (χ4n) is 2.39. The second-order valence-electron chi connectivity index (χ2n) is 5.81. The van der Waals surface area contributed by atoms with Gasteiger partial charge in [0.1, 0.15) is 0 Å². The van der Waals surface area contributed by atoms with Crippen molar-refractivity contribution in [3.05, 3.63) is 24.8 Å². The molecule has 0 heterocycles. The van der Waals surface area contributed by atoms with E-state index in [1.165, 1.54) is 64.2 Å². The maximum Gasteiger partial charge on any atom is 0.303 e. The molecule has 0 spiro atoms. The van der Waals surface area contributed by atoms with Gasteiger partial charge in [-0.25, -0.2) is 0 Å². The fourth-order valence-corrected chi connectivity index (χ4v) is 2.39. The van der Waals surface area contributed by atoms with E-state index in [0.717, 1.165) is 19.3 Å². The summed E-state index contributed by atoms with van der Waals surface area (Å²) in [5.41, 5.74) is 0. The Morgan fingerprint density at radius 2 is 1.14 bits per heavy atom. The molecule has 0 aromatic heterocycles. The number of unbranched alkanes of at least 4 members (excludes halogenated alkanes) is 11. The van der Waals surface area contributed by atoms with Crippen LogP contribution in [0.15, 0.2) is 24.8 Å². The van der Waals surface area contributed by atoms with E-state index in [0.29, 0.717) is 6.42 Å². The first-order chi connectivity index (χ1) is 10.3. The number of carboxylic acids is 1. The molecule has 0 aliphatic heterocycles. The van der Waals surface area contributed by atoms with Crippen LogP contribution in [-0.2, 0) is 4.79 Å². The third-order valence-corrected chi connectivity index (χ3v) is 3.71. The maximum absolute atomic E-state index is 10.3. The molecule has 1 N–H and O–H groups in total. The van der Waals surface area contributed by atoms with Crippen LogP contribution in [0.3, 0.4) is 0 Å². The molecule has 122 valence electrons. The molecule has 0 bridgehead atoms. The van der Waals surface area contributed by atoms with Crippen LogP contribution in [-0.4, -0.2) is 11.1 Å². The largest absolute Gasteiger partial charge is 0.481 e. The van der Waals surface area contributed by atoms with Crippen molar-refractivity contribution in [2.24, 2.45) is 0 Å². The molecule has 0 aromatic rings. The summed E-state index contributed by atoms with van der Waals surface area (Å²) in [5.74, 6) is -0.664. The molecule has 0 radical (unpaired) electrons. The van der Waals surface area contributed by atoms with Crippen molar-refractivity contribution in [3.8, 4) is 0 Å². The van der Waals surface area contributed by atoms with Crippen LogP contribution < -0.4 is 0 Å². The van der Waals surface area contributed by atoms with Crippen molar-refractivity contribution in [2.75, 3.05) is 0 Å². The lowest BCUT2D eigenvalue weighted by atomic mass is 10.1. The molecule has 0 aromatic carbocycles. The average molecular weight is 294 g/mol. The summed E-state index contributed by atoms with van der Waals surface area (Å²) in [6.45, 7) is 3.73. The van der Waals surface area contributed by atoms with E-state index in [9.17, 15) is 4.79 Å². The van der Waals surface area contributed by atoms with Crippen LogP contribution in [0.1, 0.15) is 89.9 Å². The number of aliphatic carboxylic acids is 1. The van der Waals surface area contributed by atoms with Gasteiger partial charge in [0.25, 0.3) is 0 Å². The third kappa shape index (κ3) is 18.9. The number of carbonyl (C=O) groups is 1. The highest BCUT2D eigenvalue weighted by atomic mass is 16.4. The lowest BCUT2D eigenvalue weighted by molar-refractivity contribution is -0.137.